The Bertz CT molecular complexity index is 768. The number of amides is 2. The van der Waals surface area contributed by atoms with E-state index < -0.39 is 5.91 Å². The summed E-state index contributed by atoms with van der Waals surface area (Å²) in [7, 11) is 0. The minimum atomic E-state index is -0.416. The average Bonchev–Trinajstić information content (AvgIpc) is 2.49. The van der Waals surface area contributed by atoms with Gasteiger partial charge in [0.25, 0.3) is 0 Å². The van der Waals surface area contributed by atoms with Crippen molar-refractivity contribution >= 4 is 39.1 Å². The minimum Gasteiger partial charge on any atom is -0.324 e. The van der Waals surface area contributed by atoms with Gasteiger partial charge in [0.1, 0.15) is 6.42 Å². The smallest absolute Gasteiger partial charge is 0.238 e. The standard InChI is InChI=1S/C17H14BrN3O2/c18-13-5-3-4-12(10-13)11-17(23)21-15-7-2-1-6-14(15)20-16(22)8-9-19/h1-7,10H,8,11H2,(H,20,22)(H,21,23). The van der Waals surface area contributed by atoms with Crippen LogP contribution in [0.2, 0.25) is 0 Å². The van der Waals surface area contributed by atoms with Crippen molar-refractivity contribution < 1.29 is 9.59 Å². The molecule has 2 aromatic rings. The number of nitriles is 1. The predicted octanol–water partition coefficient (Wildman–Crippen LogP) is 3.48. The highest BCUT2D eigenvalue weighted by Gasteiger charge is 2.10. The molecule has 0 unspecified atom stereocenters. The number of nitrogens with one attached hydrogen (secondary N) is 2. The van der Waals surface area contributed by atoms with E-state index in [0.29, 0.717) is 11.4 Å². The SMILES string of the molecule is N#CCC(=O)Nc1ccccc1NC(=O)Cc1cccc(Br)c1. The van der Waals surface area contributed by atoms with Crippen LogP contribution >= 0.6 is 15.9 Å². The Morgan fingerprint density at radius 2 is 1.65 bits per heavy atom. The van der Waals surface area contributed by atoms with Crippen LogP contribution in [0, 0.1) is 11.3 Å². The number of hydrogen-bond acceptors (Lipinski definition) is 3. The Morgan fingerprint density at radius 3 is 2.26 bits per heavy atom. The Labute approximate surface area is 142 Å². The molecule has 116 valence electrons. The van der Waals surface area contributed by atoms with Gasteiger partial charge in [0.15, 0.2) is 0 Å². The van der Waals surface area contributed by atoms with Crippen LogP contribution in [0.3, 0.4) is 0 Å². The van der Waals surface area contributed by atoms with E-state index in [4.69, 9.17) is 5.26 Å². The Hall–Kier alpha value is -2.65. The molecule has 0 saturated heterocycles. The van der Waals surface area contributed by atoms with Crippen molar-refractivity contribution in [1.82, 2.24) is 0 Å². The van der Waals surface area contributed by atoms with E-state index in [1.807, 2.05) is 24.3 Å². The molecular weight excluding hydrogens is 358 g/mol. The lowest BCUT2D eigenvalue weighted by Crippen LogP contribution is -2.17. The number of benzene rings is 2. The molecule has 2 N–H and O–H groups in total. The van der Waals surface area contributed by atoms with E-state index in [9.17, 15) is 9.59 Å². The summed E-state index contributed by atoms with van der Waals surface area (Å²) >= 11 is 3.37. The molecule has 0 aliphatic rings. The van der Waals surface area contributed by atoms with Gasteiger partial charge in [-0.15, -0.1) is 0 Å². The van der Waals surface area contributed by atoms with Gasteiger partial charge < -0.3 is 10.6 Å². The number of hydrogen-bond donors (Lipinski definition) is 2. The molecule has 2 aromatic carbocycles. The Morgan fingerprint density at radius 1 is 1.00 bits per heavy atom. The molecule has 0 aliphatic carbocycles. The lowest BCUT2D eigenvalue weighted by molar-refractivity contribution is -0.116. The molecule has 0 spiro atoms. The zero-order valence-electron chi connectivity index (χ0n) is 12.2. The largest absolute Gasteiger partial charge is 0.324 e. The average molecular weight is 372 g/mol. The Balaban J connectivity index is 2.06. The molecule has 0 aromatic heterocycles. The van der Waals surface area contributed by atoms with Crippen molar-refractivity contribution in [3.05, 3.63) is 58.6 Å². The molecule has 0 heterocycles. The third-order valence-corrected chi connectivity index (χ3v) is 3.46. The summed E-state index contributed by atoms with van der Waals surface area (Å²) in [4.78, 5) is 23.7. The first-order valence-corrected chi connectivity index (χ1v) is 7.68. The van der Waals surface area contributed by atoms with E-state index in [1.54, 1.807) is 30.3 Å². The van der Waals surface area contributed by atoms with Gasteiger partial charge in [-0.25, -0.2) is 0 Å². The van der Waals surface area contributed by atoms with Crippen molar-refractivity contribution in [2.24, 2.45) is 0 Å². The highest BCUT2D eigenvalue weighted by Crippen LogP contribution is 2.21. The van der Waals surface area contributed by atoms with Gasteiger partial charge in [-0.3, -0.25) is 9.59 Å². The molecule has 0 radical (unpaired) electrons. The fourth-order valence-corrected chi connectivity index (χ4v) is 2.44. The summed E-state index contributed by atoms with van der Waals surface area (Å²) in [5, 5.41) is 13.9. The highest BCUT2D eigenvalue weighted by molar-refractivity contribution is 9.10. The number of anilines is 2. The summed E-state index contributed by atoms with van der Waals surface area (Å²) in [5.41, 5.74) is 1.84. The highest BCUT2D eigenvalue weighted by atomic mass is 79.9. The molecular formula is C17H14BrN3O2. The minimum absolute atomic E-state index is 0.190. The van der Waals surface area contributed by atoms with Crippen molar-refractivity contribution in [2.75, 3.05) is 10.6 Å². The van der Waals surface area contributed by atoms with Crippen LogP contribution in [0.4, 0.5) is 11.4 Å². The summed E-state index contributed by atoms with van der Waals surface area (Å²) in [6.45, 7) is 0. The molecule has 5 nitrogen and oxygen atoms in total. The molecule has 2 amide bonds. The lowest BCUT2D eigenvalue weighted by Gasteiger charge is -2.11. The Kier molecular flexibility index (Phi) is 5.89. The third-order valence-electron chi connectivity index (χ3n) is 2.97. The first-order chi connectivity index (χ1) is 11.1. The second-order valence-corrected chi connectivity index (χ2v) is 5.70. The quantitative estimate of drug-likeness (QED) is 0.843. The van der Waals surface area contributed by atoms with E-state index in [0.717, 1.165) is 10.0 Å². The maximum atomic E-state index is 12.2. The van der Waals surface area contributed by atoms with Gasteiger partial charge in [-0.1, -0.05) is 40.2 Å². The van der Waals surface area contributed by atoms with E-state index >= 15 is 0 Å². The number of para-hydroxylation sites is 2. The van der Waals surface area contributed by atoms with Gasteiger partial charge >= 0.3 is 0 Å². The maximum absolute atomic E-state index is 12.2. The van der Waals surface area contributed by atoms with Crippen LogP contribution in [0.25, 0.3) is 0 Å². The van der Waals surface area contributed by atoms with Crippen molar-refractivity contribution in [2.45, 2.75) is 12.8 Å². The predicted molar refractivity (Wildman–Crippen MR) is 91.8 cm³/mol. The first-order valence-electron chi connectivity index (χ1n) is 6.88. The monoisotopic (exact) mass is 371 g/mol. The number of rotatable bonds is 5. The van der Waals surface area contributed by atoms with Gasteiger partial charge in [0.05, 0.1) is 23.9 Å². The molecule has 0 saturated carbocycles. The third kappa shape index (κ3) is 5.24. The maximum Gasteiger partial charge on any atom is 0.238 e. The molecule has 0 aliphatic heterocycles. The van der Waals surface area contributed by atoms with Gasteiger partial charge in [0, 0.05) is 4.47 Å². The normalized spacial score (nSPS) is 9.74. The number of carbonyl (C=O) groups excluding carboxylic acids is 2. The van der Waals surface area contributed by atoms with Crippen LogP contribution < -0.4 is 10.6 Å². The fraction of sp³-hybridized carbons (Fsp3) is 0.118. The molecule has 23 heavy (non-hydrogen) atoms. The van der Waals surface area contributed by atoms with Crippen LogP contribution in [-0.2, 0) is 16.0 Å². The van der Waals surface area contributed by atoms with Crippen LogP contribution in [-0.4, -0.2) is 11.8 Å². The molecule has 2 rings (SSSR count). The van der Waals surface area contributed by atoms with E-state index in [-0.39, 0.29) is 18.7 Å². The second kappa shape index (κ2) is 8.11. The first kappa shape index (κ1) is 16.7. The van der Waals surface area contributed by atoms with Gasteiger partial charge in [-0.05, 0) is 29.8 Å². The molecule has 0 atom stereocenters. The topological polar surface area (TPSA) is 82.0 Å². The lowest BCUT2D eigenvalue weighted by atomic mass is 10.1. The fourth-order valence-electron chi connectivity index (χ4n) is 1.99. The van der Waals surface area contributed by atoms with Crippen molar-refractivity contribution in [1.29, 1.82) is 5.26 Å². The second-order valence-electron chi connectivity index (χ2n) is 4.78. The van der Waals surface area contributed by atoms with Crippen molar-refractivity contribution in [3.63, 3.8) is 0 Å². The van der Waals surface area contributed by atoms with Gasteiger partial charge in [-0.2, -0.15) is 5.26 Å². The molecule has 6 heteroatoms. The number of carbonyl (C=O) groups is 2. The van der Waals surface area contributed by atoms with Crippen LogP contribution in [0.5, 0.6) is 0 Å². The van der Waals surface area contributed by atoms with Crippen molar-refractivity contribution in [3.8, 4) is 6.07 Å². The molecule has 0 fully saturated rings. The van der Waals surface area contributed by atoms with Crippen LogP contribution in [0.15, 0.2) is 53.0 Å². The van der Waals surface area contributed by atoms with E-state index in [2.05, 4.69) is 26.6 Å². The van der Waals surface area contributed by atoms with E-state index in [1.165, 1.54) is 0 Å². The molecule has 0 bridgehead atoms. The zero-order valence-corrected chi connectivity index (χ0v) is 13.8. The number of nitrogens with zero attached hydrogens (tertiary/aromatic N) is 1. The number of halogens is 1. The van der Waals surface area contributed by atoms with Gasteiger partial charge in [0.2, 0.25) is 11.8 Å². The summed E-state index contributed by atoms with van der Waals surface area (Å²) in [6.07, 6.45) is -0.0137. The summed E-state index contributed by atoms with van der Waals surface area (Å²) in [5.74, 6) is -0.605. The summed E-state index contributed by atoms with van der Waals surface area (Å²) in [6, 6.07) is 16.1. The van der Waals surface area contributed by atoms with Crippen LogP contribution in [0.1, 0.15) is 12.0 Å². The summed E-state index contributed by atoms with van der Waals surface area (Å²) < 4.78 is 0.909. The zero-order chi connectivity index (χ0) is 16.7.